The molecule has 0 atom stereocenters. The van der Waals surface area contributed by atoms with Gasteiger partial charge in [0.1, 0.15) is 0 Å². The van der Waals surface area contributed by atoms with Gasteiger partial charge in [0.15, 0.2) is 0 Å². The molecule has 0 fully saturated rings. The predicted molar refractivity (Wildman–Crippen MR) is 55.1 cm³/mol. The fraction of sp³-hybridized carbons (Fsp3) is 1.00. The molecule has 0 saturated heterocycles. The van der Waals surface area contributed by atoms with Crippen molar-refractivity contribution in [3.63, 3.8) is 0 Å². The van der Waals surface area contributed by atoms with Gasteiger partial charge in [-0.1, -0.05) is 41.5 Å². The standard InChI is InChI=1S/C6H15N.C4H10.Li.H/c1-4-7(5-2)6-3;1-4(2)3;;/h4-6H2,1-3H3;4H,1-3H3;;/q;;+1;-1. The zero-order valence-electron chi connectivity index (χ0n) is 11.1. The molecule has 0 rings (SSSR count). The summed E-state index contributed by atoms with van der Waals surface area (Å²) < 4.78 is 0. The molecule has 1 nitrogen and oxygen atoms in total. The van der Waals surface area contributed by atoms with Crippen LogP contribution in [0.2, 0.25) is 0 Å². The van der Waals surface area contributed by atoms with Crippen molar-refractivity contribution in [1.29, 1.82) is 0 Å². The summed E-state index contributed by atoms with van der Waals surface area (Å²) in [7, 11) is 0. The zero-order chi connectivity index (χ0) is 9.28. The molecule has 0 aromatic rings. The van der Waals surface area contributed by atoms with Crippen molar-refractivity contribution in [2.45, 2.75) is 41.5 Å². The summed E-state index contributed by atoms with van der Waals surface area (Å²) in [4.78, 5) is 2.38. The van der Waals surface area contributed by atoms with Crippen LogP contribution in [0, 0.1) is 5.92 Å². The van der Waals surface area contributed by atoms with Gasteiger partial charge >= 0.3 is 18.9 Å². The molecule has 0 aliphatic rings. The zero-order valence-corrected chi connectivity index (χ0v) is 10.1. The third kappa shape index (κ3) is 22.4. The van der Waals surface area contributed by atoms with Crippen LogP contribution < -0.4 is 18.9 Å². The van der Waals surface area contributed by atoms with E-state index in [0.717, 1.165) is 5.92 Å². The Labute approximate surface area is 92.6 Å². The molecule has 0 spiro atoms. The third-order valence-electron chi connectivity index (χ3n) is 1.34. The molecule has 0 unspecified atom stereocenters. The summed E-state index contributed by atoms with van der Waals surface area (Å²) in [5.74, 6) is 0.833. The normalized spacial score (nSPS) is 9.00. The van der Waals surface area contributed by atoms with Gasteiger partial charge in [0.2, 0.25) is 0 Å². The monoisotopic (exact) mass is 167 g/mol. The van der Waals surface area contributed by atoms with Gasteiger partial charge < -0.3 is 6.33 Å². The van der Waals surface area contributed by atoms with Crippen molar-refractivity contribution >= 4 is 0 Å². The fourth-order valence-electron chi connectivity index (χ4n) is 0.671. The first-order valence-corrected chi connectivity index (χ1v) is 4.80. The second kappa shape index (κ2) is 14.1. The molecule has 2 heteroatoms. The maximum atomic E-state index is 2.38. The Bertz CT molecular complexity index is 57.7. The van der Waals surface area contributed by atoms with Crippen LogP contribution >= 0.6 is 0 Å². The molecule has 0 aliphatic carbocycles. The Hall–Kier alpha value is 0.557. The van der Waals surface area contributed by atoms with E-state index in [0.29, 0.717) is 0 Å². The number of hydrogen-bond donors (Lipinski definition) is 0. The van der Waals surface area contributed by atoms with Gasteiger partial charge in [-0.25, -0.2) is 0 Å². The summed E-state index contributed by atoms with van der Waals surface area (Å²) in [5, 5.41) is 0. The van der Waals surface area contributed by atoms with E-state index in [1.807, 2.05) is 0 Å². The second-order valence-electron chi connectivity index (χ2n) is 3.35. The van der Waals surface area contributed by atoms with E-state index in [-0.39, 0.29) is 20.3 Å². The van der Waals surface area contributed by atoms with Crippen LogP contribution in [-0.4, -0.2) is 24.5 Å². The summed E-state index contributed by atoms with van der Waals surface area (Å²) in [5.41, 5.74) is 0. The van der Waals surface area contributed by atoms with E-state index in [1.165, 1.54) is 19.6 Å². The molecule has 0 radical (unpaired) electrons. The number of rotatable bonds is 3. The topological polar surface area (TPSA) is 3.24 Å². The third-order valence-corrected chi connectivity index (χ3v) is 1.34. The molecule has 0 N–H and O–H groups in total. The Balaban J connectivity index is -0.0000000600. The van der Waals surface area contributed by atoms with E-state index in [4.69, 9.17) is 0 Å². The van der Waals surface area contributed by atoms with E-state index >= 15 is 0 Å². The minimum atomic E-state index is 0. The summed E-state index contributed by atoms with van der Waals surface area (Å²) in [6.45, 7) is 16.6. The Kier molecular flexibility index (Phi) is 21.6. The van der Waals surface area contributed by atoms with Crippen molar-refractivity contribution in [2.75, 3.05) is 19.6 Å². The van der Waals surface area contributed by atoms with Crippen molar-refractivity contribution in [3.05, 3.63) is 0 Å². The fourth-order valence-corrected chi connectivity index (χ4v) is 0.671. The first-order valence-electron chi connectivity index (χ1n) is 4.80. The molecule has 0 bridgehead atoms. The van der Waals surface area contributed by atoms with E-state index in [2.05, 4.69) is 46.4 Å². The van der Waals surface area contributed by atoms with Crippen LogP contribution in [0.4, 0.5) is 0 Å². The van der Waals surface area contributed by atoms with Gasteiger partial charge in [-0.05, 0) is 25.6 Å². The molecular weight excluding hydrogens is 141 g/mol. The van der Waals surface area contributed by atoms with Gasteiger partial charge in [-0.15, -0.1) is 0 Å². The summed E-state index contributed by atoms with van der Waals surface area (Å²) >= 11 is 0. The predicted octanol–water partition coefficient (Wildman–Crippen LogP) is 0.127. The van der Waals surface area contributed by atoms with E-state index in [1.54, 1.807) is 0 Å². The summed E-state index contributed by atoms with van der Waals surface area (Å²) in [6, 6.07) is 0. The summed E-state index contributed by atoms with van der Waals surface area (Å²) in [6.07, 6.45) is 0. The number of hydrogen-bond acceptors (Lipinski definition) is 1. The maximum absolute atomic E-state index is 2.38. The van der Waals surface area contributed by atoms with Gasteiger partial charge in [0.25, 0.3) is 0 Å². The molecule has 72 valence electrons. The van der Waals surface area contributed by atoms with Crippen molar-refractivity contribution < 1.29 is 20.3 Å². The molecular formula is C10H26LiN. The molecule has 0 aromatic heterocycles. The first-order chi connectivity index (χ1) is 5.08. The first kappa shape index (κ1) is 18.4. The van der Waals surface area contributed by atoms with Crippen molar-refractivity contribution in [3.8, 4) is 0 Å². The second-order valence-corrected chi connectivity index (χ2v) is 3.35. The maximum Gasteiger partial charge on any atom is 1.00 e. The van der Waals surface area contributed by atoms with Crippen LogP contribution in [0.5, 0.6) is 0 Å². The molecule has 0 saturated carbocycles. The average Bonchev–Trinajstić information content (AvgIpc) is 1.90. The van der Waals surface area contributed by atoms with Crippen molar-refractivity contribution in [2.24, 2.45) is 5.92 Å². The quantitative estimate of drug-likeness (QED) is 0.540. The molecule has 12 heavy (non-hydrogen) atoms. The van der Waals surface area contributed by atoms with Gasteiger partial charge in [0, 0.05) is 0 Å². The average molecular weight is 167 g/mol. The van der Waals surface area contributed by atoms with Crippen LogP contribution in [0.25, 0.3) is 0 Å². The minimum absolute atomic E-state index is 0. The SMILES string of the molecule is CC(C)C.CCN(CC)CC.[H-].[Li+]. The Morgan fingerprint density at radius 3 is 1.08 bits per heavy atom. The van der Waals surface area contributed by atoms with Gasteiger partial charge in [0.05, 0.1) is 0 Å². The number of nitrogens with zero attached hydrogens (tertiary/aromatic N) is 1. The molecule has 0 aromatic carbocycles. The largest absolute Gasteiger partial charge is 1.00 e. The van der Waals surface area contributed by atoms with Crippen LogP contribution in [0.15, 0.2) is 0 Å². The Morgan fingerprint density at radius 1 is 0.917 bits per heavy atom. The van der Waals surface area contributed by atoms with Gasteiger partial charge in [-0.2, -0.15) is 0 Å². The molecule has 0 heterocycles. The molecule has 0 aliphatic heterocycles. The minimum Gasteiger partial charge on any atom is -1.00 e. The van der Waals surface area contributed by atoms with Gasteiger partial charge in [-0.3, -0.25) is 0 Å². The van der Waals surface area contributed by atoms with Crippen LogP contribution in [-0.2, 0) is 0 Å². The van der Waals surface area contributed by atoms with E-state index < -0.39 is 0 Å². The van der Waals surface area contributed by atoms with E-state index in [9.17, 15) is 0 Å². The van der Waals surface area contributed by atoms with Crippen molar-refractivity contribution in [1.82, 2.24) is 4.90 Å². The molecule has 0 amide bonds. The smallest absolute Gasteiger partial charge is 1.00 e. The Morgan fingerprint density at radius 2 is 1.08 bits per heavy atom. The van der Waals surface area contributed by atoms with Crippen LogP contribution in [0.1, 0.15) is 43.0 Å². The van der Waals surface area contributed by atoms with Crippen LogP contribution in [0.3, 0.4) is 0 Å².